The first-order valence-corrected chi connectivity index (χ1v) is 10.6. The van der Waals surface area contributed by atoms with E-state index in [-0.39, 0.29) is 11.5 Å². The molecule has 156 valence electrons. The van der Waals surface area contributed by atoms with E-state index in [2.05, 4.69) is 22.2 Å². The number of benzene rings is 2. The molecule has 0 saturated heterocycles. The molecular formula is C23H25N3O3S. The van der Waals surface area contributed by atoms with Crippen LogP contribution in [0.15, 0.2) is 58.5 Å². The van der Waals surface area contributed by atoms with Gasteiger partial charge in [0.05, 0.1) is 18.1 Å². The van der Waals surface area contributed by atoms with Crippen molar-refractivity contribution < 1.29 is 9.53 Å². The third-order valence-corrected chi connectivity index (χ3v) is 5.74. The van der Waals surface area contributed by atoms with Gasteiger partial charge in [-0.3, -0.25) is 9.59 Å². The lowest BCUT2D eigenvalue weighted by Crippen LogP contribution is -2.24. The predicted octanol–water partition coefficient (Wildman–Crippen LogP) is 4.44. The van der Waals surface area contributed by atoms with Crippen LogP contribution in [0.2, 0.25) is 0 Å². The maximum Gasteiger partial charge on any atom is 0.252 e. The van der Waals surface area contributed by atoms with Crippen molar-refractivity contribution in [2.45, 2.75) is 37.6 Å². The highest BCUT2D eigenvalue weighted by atomic mass is 32.2. The van der Waals surface area contributed by atoms with Crippen molar-refractivity contribution >= 4 is 23.4 Å². The Balaban J connectivity index is 1.78. The summed E-state index contributed by atoms with van der Waals surface area (Å²) >= 11 is 1.22. The number of aromatic amines is 1. The van der Waals surface area contributed by atoms with E-state index in [1.165, 1.54) is 17.8 Å². The number of hydrogen-bond acceptors (Lipinski definition) is 5. The molecule has 3 rings (SSSR count). The second-order valence-corrected chi connectivity index (χ2v) is 8.21. The van der Waals surface area contributed by atoms with Gasteiger partial charge >= 0.3 is 0 Å². The first-order chi connectivity index (χ1) is 14.4. The number of nitrogens with zero attached hydrogens (tertiary/aromatic N) is 1. The molecule has 0 fully saturated rings. The first kappa shape index (κ1) is 21.6. The van der Waals surface area contributed by atoms with Gasteiger partial charge in [-0.2, -0.15) is 0 Å². The molecular weight excluding hydrogens is 398 g/mol. The largest absolute Gasteiger partial charge is 0.497 e. The zero-order valence-corrected chi connectivity index (χ0v) is 18.3. The Morgan fingerprint density at radius 3 is 2.63 bits per heavy atom. The van der Waals surface area contributed by atoms with Crippen molar-refractivity contribution in [3.8, 4) is 17.0 Å². The van der Waals surface area contributed by atoms with Gasteiger partial charge < -0.3 is 15.0 Å². The van der Waals surface area contributed by atoms with Gasteiger partial charge in [0.25, 0.3) is 5.56 Å². The number of amides is 1. The maximum atomic E-state index is 12.8. The van der Waals surface area contributed by atoms with Crippen molar-refractivity contribution in [3.63, 3.8) is 0 Å². The molecule has 0 radical (unpaired) electrons. The van der Waals surface area contributed by atoms with Gasteiger partial charge in [0, 0.05) is 17.3 Å². The minimum absolute atomic E-state index is 0.138. The summed E-state index contributed by atoms with van der Waals surface area (Å²) in [6, 6.07) is 14.7. The molecule has 6 nitrogen and oxygen atoms in total. The fourth-order valence-electron chi connectivity index (χ4n) is 3.05. The molecule has 2 aromatic carbocycles. The van der Waals surface area contributed by atoms with Crippen LogP contribution in [0.5, 0.6) is 5.75 Å². The number of aryl methyl sites for hydroxylation is 2. The molecule has 0 bridgehead atoms. The lowest BCUT2D eigenvalue weighted by molar-refractivity contribution is -0.115. The summed E-state index contributed by atoms with van der Waals surface area (Å²) in [5.74, 6) is 0.590. The van der Waals surface area contributed by atoms with E-state index in [4.69, 9.17) is 4.74 Å². The van der Waals surface area contributed by atoms with Crippen molar-refractivity contribution in [1.82, 2.24) is 9.97 Å². The normalized spacial score (nSPS) is 11.7. The van der Waals surface area contributed by atoms with Crippen LogP contribution < -0.4 is 15.6 Å². The average molecular weight is 424 g/mol. The highest BCUT2D eigenvalue weighted by Crippen LogP contribution is 2.26. The topological polar surface area (TPSA) is 84.1 Å². The number of thioether (sulfide) groups is 1. The van der Waals surface area contributed by atoms with Crippen LogP contribution in [0.25, 0.3) is 11.3 Å². The van der Waals surface area contributed by atoms with Crippen LogP contribution in [-0.4, -0.2) is 28.2 Å². The smallest absolute Gasteiger partial charge is 0.252 e. The van der Waals surface area contributed by atoms with E-state index < -0.39 is 5.25 Å². The Morgan fingerprint density at radius 2 is 1.97 bits per heavy atom. The number of para-hydroxylation sites is 1. The lowest BCUT2D eigenvalue weighted by atomic mass is 10.1. The zero-order chi connectivity index (χ0) is 21.7. The van der Waals surface area contributed by atoms with Gasteiger partial charge in [-0.05, 0) is 55.7 Å². The molecule has 1 heterocycles. The standard InChI is InChI=1S/C23H25N3O3S/c1-5-16-8-6-7-14(2)21(16)26-22(28)15(3)30-23-24-19(13-20(27)25-23)17-9-11-18(29-4)12-10-17/h6-13,15H,5H2,1-4H3,(H,26,28)(H,24,25,27). The Morgan fingerprint density at radius 1 is 1.23 bits per heavy atom. The van der Waals surface area contributed by atoms with Crippen LogP contribution in [0.1, 0.15) is 25.0 Å². The number of nitrogens with one attached hydrogen (secondary N) is 2. The average Bonchev–Trinajstić information content (AvgIpc) is 2.74. The minimum Gasteiger partial charge on any atom is -0.497 e. The number of rotatable bonds is 7. The van der Waals surface area contributed by atoms with Crippen LogP contribution in [0.4, 0.5) is 5.69 Å². The molecule has 0 aliphatic heterocycles. The van der Waals surface area contributed by atoms with Crippen LogP contribution >= 0.6 is 11.8 Å². The number of carbonyl (C=O) groups excluding carboxylic acids is 1. The number of hydrogen-bond donors (Lipinski definition) is 2. The van der Waals surface area contributed by atoms with Crippen molar-refractivity contribution in [2.75, 3.05) is 12.4 Å². The number of ether oxygens (including phenoxy) is 1. The molecule has 0 aliphatic rings. The molecule has 7 heteroatoms. The van der Waals surface area contributed by atoms with Crippen molar-refractivity contribution in [2.24, 2.45) is 0 Å². The summed E-state index contributed by atoms with van der Waals surface area (Å²) in [7, 11) is 1.60. The predicted molar refractivity (Wildman–Crippen MR) is 121 cm³/mol. The number of carbonyl (C=O) groups is 1. The highest BCUT2D eigenvalue weighted by Gasteiger charge is 2.18. The highest BCUT2D eigenvalue weighted by molar-refractivity contribution is 8.00. The fraction of sp³-hybridized carbons (Fsp3) is 0.261. The van der Waals surface area contributed by atoms with E-state index >= 15 is 0 Å². The Labute approximate surface area is 180 Å². The van der Waals surface area contributed by atoms with Crippen LogP contribution in [-0.2, 0) is 11.2 Å². The molecule has 2 N–H and O–H groups in total. The molecule has 1 atom stereocenters. The van der Waals surface area contributed by atoms with Gasteiger partial charge in [0.2, 0.25) is 5.91 Å². The van der Waals surface area contributed by atoms with Gasteiger partial charge in [-0.25, -0.2) is 4.98 Å². The maximum absolute atomic E-state index is 12.8. The van der Waals surface area contributed by atoms with Gasteiger partial charge in [-0.1, -0.05) is 36.9 Å². The van der Waals surface area contributed by atoms with Crippen LogP contribution in [0.3, 0.4) is 0 Å². The monoisotopic (exact) mass is 423 g/mol. The summed E-state index contributed by atoms with van der Waals surface area (Å²) in [5, 5.41) is 2.99. The first-order valence-electron chi connectivity index (χ1n) is 9.73. The summed E-state index contributed by atoms with van der Waals surface area (Å²) in [5.41, 5.74) is 4.04. The summed E-state index contributed by atoms with van der Waals surface area (Å²) in [6.07, 6.45) is 0.831. The number of H-pyrrole nitrogens is 1. The SMILES string of the molecule is CCc1cccc(C)c1NC(=O)C(C)Sc1nc(-c2ccc(OC)cc2)cc(=O)[nH]1. The molecule has 0 saturated carbocycles. The summed E-state index contributed by atoms with van der Waals surface area (Å²) < 4.78 is 5.17. The van der Waals surface area contributed by atoms with Crippen LogP contribution in [0, 0.1) is 6.92 Å². The van der Waals surface area contributed by atoms with E-state index in [1.54, 1.807) is 14.0 Å². The molecule has 1 aromatic heterocycles. The van der Waals surface area contributed by atoms with E-state index in [9.17, 15) is 9.59 Å². The second-order valence-electron chi connectivity index (χ2n) is 6.88. The summed E-state index contributed by atoms with van der Waals surface area (Å²) in [6.45, 7) is 5.83. The molecule has 0 aliphatic carbocycles. The molecule has 0 spiro atoms. The van der Waals surface area contributed by atoms with Gasteiger partial charge in [0.15, 0.2) is 5.16 Å². The van der Waals surface area contributed by atoms with Gasteiger partial charge in [-0.15, -0.1) is 0 Å². The second kappa shape index (κ2) is 9.63. The number of methoxy groups -OCH3 is 1. The van der Waals surface area contributed by atoms with Crippen molar-refractivity contribution in [3.05, 3.63) is 70.0 Å². The molecule has 3 aromatic rings. The molecule has 1 unspecified atom stereocenters. The van der Waals surface area contributed by atoms with Gasteiger partial charge in [0.1, 0.15) is 5.75 Å². The zero-order valence-electron chi connectivity index (χ0n) is 17.5. The third kappa shape index (κ3) is 5.10. The molecule has 30 heavy (non-hydrogen) atoms. The Kier molecular flexibility index (Phi) is 6.95. The lowest BCUT2D eigenvalue weighted by Gasteiger charge is -2.16. The summed E-state index contributed by atoms with van der Waals surface area (Å²) in [4.78, 5) is 32.2. The molecule has 1 amide bonds. The quantitative estimate of drug-likeness (QED) is 0.434. The van der Waals surface area contributed by atoms with E-state index in [1.807, 2.05) is 49.4 Å². The van der Waals surface area contributed by atoms with E-state index in [0.29, 0.717) is 10.9 Å². The number of aromatic nitrogens is 2. The third-order valence-electron chi connectivity index (χ3n) is 4.75. The Hall–Kier alpha value is -3.06. The van der Waals surface area contributed by atoms with E-state index in [0.717, 1.165) is 34.5 Å². The minimum atomic E-state index is -0.441. The Bertz CT molecular complexity index is 1090. The van der Waals surface area contributed by atoms with Crippen molar-refractivity contribution in [1.29, 1.82) is 0 Å². The fourth-order valence-corrected chi connectivity index (χ4v) is 3.86. The number of anilines is 1.